The molecule has 1 saturated heterocycles. The lowest BCUT2D eigenvalue weighted by atomic mass is 9.82. The predicted octanol–water partition coefficient (Wildman–Crippen LogP) is 1.41. The fourth-order valence-corrected chi connectivity index (χ4v) is 7.74. The summed E-state index contributed by atoms with van der Waals surface area (Å²) in [7, 11) is -5.43. The summed E-state index contributed by atoms with van der Waals surface area (Å²) >= 11 is 0. The van der Waals surface area contributed by atoms with Crippen LogP contribution in [-0.2, 0) is 26.5 Å². The lowest BCUT2D eigenvalue weighted by Crippen LogP contribution is -2.47. The standard InChI is InChI=1S/C19H29N3O4S2/c1-21-9-11-22(12-10-21)28(25,26)17-8-7-16-13-18(15-5-3-2-4-6-15)20-27(23,24)19(16)14-17/h7-8,14-15,18,20H,2-6,9-13H2,1H3. The van der Waals surface area contributed by atoms with Gasteiger partial charge in [-0.15, -0.1) is 0 Å². The van der Waals surface area contributed by atoms with E-state index in [1.54, 1.807) is 12.1 Å². The molecule has 28 heavy (non-hydrogen) atoms. The Balaban J connectivity index is 1.62. The maximum atomic E-state index is 13.0. The highest BCUT2D eigenvalue weighted by Gasteiger charge is 2.36. The van der Waals surface area contributed by atoms with Crippen LogP contribution in [0.5, 0.6) is 0 Å². The van der Waals surface area contributed by atoms with E-state index in [1.807, 2.05) is 7.05 Å². The van der Waals surface area contributed by atoms with Gasteiger partial charge in [0.15, 0.2) is 0 Å². The minimum absolute atomic E-state index is 0.0669. The highest BCUT2D eigenvalue weighted by Crippen LogP contribution is 2.34. The molecule has 1 saturated carbocycles. The van der Waals surface area contributed by atoms with E-state index < -0.39 is 20.0 Å². The summed E-state index contributed by atoms with van der Waals surface area (Å²) in [5.41, 5.74) is 0.728. The molecule has 1 atom stereocenters. The van der Waals surface area contributed by atoms with Crippen LogP contribution in [0.1, 0.15) is 37.7 Å². The number of nitrogens with zero attached hydrogens (tertiary/aromatic N) is 2. The molecular formula is C19H29N3O4S2. The fourth-order valence-electron chi connectivity index (χ4n) is 4.63. The van der Waals surface area contributed by atoms with Crippen molar-refractivity contribution in [2.75, 3.05) is 33.2 Å². The third-order valence-corrected chi connectivity index (χ3v) is 9.86. The predicted molar refractivity (Wildman–Crippen MR) is 107 cm³/mol. The second-order valence-corrected chi connectivity index (χ2v) is 11.9. The third-order valence-electron chi connectivity index (χ3n) is 6.39. The first kappa shape index (κ1) is 20.3. The van der Waals surface area contributed by atoms with E-state index in [4.69, 9.17) is 0 Å². The Labute approximate surface area is 168 Å². The number of nitrogens with one attached hydrogen (secondary N) is 1. The molecular weight excluding hydrogens is 398 g/mol. The SMILES string of the molecule is CN1CCN(S(=O)(=O)c2ccc3c(c2)S(=O)(=O)NC(C2CCCCC2)C3)CC1. The normalized spacial score (nSPS) is 27.4. The van der Waals surface area contributed by atoms with Gasteiger partial charge in [0.25, 0.3) is 0 Å². The number of sulfonamides is 2. The van der Waals surface area contributed by atoms with E-state index in [-0.39, 0.29) is 15.8 Å². The molecule has 1 aliphatic carbocycles. The number of likely N-dealkylation sites (N-methyl/N-ethyl adjacent to an activating group) is 1. The molecule has 0 spiro atoms. The van der Waals surface area contributed by atoms with Gasteiger partial charge < -0.3 is 4.90 Å². The summed E-state index contributed by atoms with van der Waals surface area (Å²) in [5, 5.41) is 0. The molecule has 2 fully saturated rings. The number of piperazine rings is 1. The summed E-state index contributed by atoms with van der Waals surface area (Å²) in [6.45, 7) is 2.19. The van der Waals surface area contributed by atoms with Crippen LogP contribution in [-0.4, -0.2) is 65.3 Å². The van der Waals surface area contributed by atoms with Crippen molar-refractivity contribution in [3.8, 4) is 0 Å². The molecule has 2 aliphatic heterocycles. The molecule has 1 aromatic rings. The first-order valence-electron chi connectivity index (χ1n) is 10.1. The Hall–Kier alpha value is -1.00. The molecule has 1 N–H and O–H groups in total. The molecule has 0 amide bonds. The molecule has 3 aliphatic rings. The number of rotatable bonds is 3. The first-order valence-corrected chi connectivity index (χ1v) is 13.0. The molecule has 2 heterocycles. The van der Waals surface area contributed by atoms with Crippen molar-refractivity contribution in [3.63, 3.8) is 0 Å². The van der Waals surface area contributed by atoms with Crippen LogP contribution in [0.25, 0.3) is 0 Å². The zero-order valence-corrected chi connectivity index (χ0v) is 17.9. The van der Waals surface area contributed by atoms with Crippen molar-refractivity contribution in [1.82, 2.24) is 13.9 Å². The summed E-state index contributed by atoms with van der Waals surface area (Å²) in [5.74, 6) is 0.366. The maximum Gasteiger partial charge on any atom is 0.243 e. The van der Waals surface area contributed by atoms with Crippen LogP contribution in [0.3, 0.4) is 0 Å². The molecule has 4 rings (SSSR count). The Morgan fingerprint density at radius 2 is 1.71 bits per heavy atom. The average molecular weight is 428 g/mol. The molecule has 1 unspecified atom stereocenters. The highest BCUT2D eigenvalue weighted by molar-refractivity contribution is 7.90. The lowest BCUT2D eigenvalue weighted by Gasteiger charge is -2.35. The van der Waals surface area contributed by atoms with Gasteiger partial charge in [-0.05, 0) is 49.9 Å². The number of benzene rings is 1. The monoisotopic (exact) mass is 427 g/mol. The van der Waals surface area contributed by atoms with E-state index in [9.17, 15) is 16.8 Å². The maximum absolute atomic E-state index is 13.0. The van der Waals surface area contributed by atoms with Gasteiger partial charge >= 0.3 is 0 Å². The van der Waals surface area contributed by atoms with Crippen LogP contribution in [0.4, 0.5) is 0 Å². The van der Waals surface area contributed by atoms with Gasteiger partial charge in [-0.3, -0.25) is 0 Å². The highest BCUT2D eigenvalue weighted by atomic mass is 32.2. The molecule has 0 bridgehead atoms. The quantitative estimate of drug-likeness (QED) is 0.788. The second kappa shape index (κ2) is 7.68. The van der Waals surface area contributed by atoms with Gasteiger partial charge in [-0.1, -0.05) is 25.3 Å². The van der Waals surface area contributed by atoms with Crippen molar-refractivity contribution in [1.29, 1.82) is 0 Å². The van der Waals surface area contributed by atoms with Gasteiger partial charge in [0.2, 0.25) is 20.0 Å². The lowest BCUT2D eigenvalue weighted by molar-refractivity contribution is 0.222. The fraction of sp³-hybridized carbons (Fsp3) is 0.684. The summed E-state index contributed by atoms with van der Waals surface area (Å²) in [4.78, 5) is 2.27. The molecule has 9 heteroatoms. The number of fused-ring (bicyclic) bond motifs is 1. The largest absolute Gasteiger partial charge is 0.304 e. The van der Waals surface area contributed by atoms with E-state index in [1.165, 1.54) is 16.8 Å². The van der Waals surface area contributed by atoms with Crippen LogP contribution in [0.15, 0.2) is 28.0 Å². The zero-order chi connectivity index (χ0) is 19.9. The van der Waals surface area contributed by atoms with Crippen molar-refractivity contribution < 1.29 is 16.8 Å². The molecule has 0 aromatic heterocycles. The van der Waals surface area contributed by atoms with Crippen molar-refractivity contribution in [3.05, 3.63) is 23.8 Å². The summed E-state index contributed by atoms with van der Waals surface area (Å²) in [6.07, 6.45) is 6.26. The van der Waals surface area contributed by atoms with E-state index in [2.05, 4.69) is 9.62 Å². The second-order valence-electron chi connectivity index (χ2n) is 8.31. The Kier molecular flexibility index (Phi) is 5.56. The van der Waals surface area contributed by atoms with Gasteiger partial charge in [0, 0.05) is 32.2 Å². The Bertz CT molecular complexity index is 932. The number of hydrogen-bond acceptors (Lipinski definition) is 5. The molecule has 0 radical (unpaired) electrons. The van der Waals surface area contributed by atoms with Crippen LogP contribution in [0, 0.1) is 5.92 Å². The van der Waals surface area contributed by atoms with E-state index in [0.717, 1.165) is 31.2 Å². The van der Waals surface area contributed by atoms with Crippen molar-refractivity contribution >= 4 is 20.0 Å². The van der Waals surface area contributed by atoms with Crippen LogP contribution >= 0.6 is 0 Å². The number of hydrogen-bond donors (Lipinski definition) is 1. The van der Waals surface area contributed by atoms with Gasteiger partial charge in [-0.2, -0.15) is 4.31 Å². The first-order chi connectivity index (χ1) is 13.3. The van der Waals surface area contributed by atoms with Gasteiger partial charge in [0.05, 0.1) is 9.79 Å². The topological polar surface area (TPSA) is 86.8 Å². The minimum Gasteiger partial charge on any atom is -0.304 e. The zero-order valence-electron chi connectivity index (χ0n) is 16.3. The minimum atomic E-state index is -3.70. The molecule has 7 nitrogen and oxygen atoms in total. The van der Waals surface area contributed by atoms with Gasteiger partial charge in [-0.25, -0.2) is 21.6 Å². The van der Waals surface area contributed by atoms with Crippen molar-refractivity contribution in [2.45, 2.75) is 54.4 Å². The summed E-state index contributed by atoms with van der Waals surface area (Å²) in [6, 6.07) is 4.54. The van der Waals surface area contributed by atoms with Crippen molar-refractivity contribution in [2.24, 2.45) is 5.92 Å². The molecule has 156 valence electrons. The van der Waals surface area contributed by atoms with E-state index >= 15 is 0 Å². The average Bonchev–Trinajstić information content (AvgIpc) is 2.68. The summed E-state index contributed by atoms with van der Waals surface area (Å²) < 4.78 is 56.1. The van der Waals surface area contributed by atoms with Crippen LogP contribution < -0.4 is 4.72 Å². The smallest absolute Gasteiger partial charge is 0.243 e. The van der Waals surface area contributed by atoms with E-state index in [0.29, 0.717) is 38.5 Å². The Morgan fingerprint density at radius 3 is 2.39 bits per heavy atom. The Morgan fingerprint density at radius 1 is 1.04 bits per heavy atom. The van der Waals surface area contributed by atoms with Crippen LogP contribution in [0.2, 0.25) is 0 Å². The van der Waals surface area contributed by atoms with Gasteiger partial charge in [0.1, 0.15) is 0 Å². The molecule has 1 aromatic carbocycles. The third kappa shape index (κ3) is 3.87.